The van der Waals surface area contributed by atoms with Crippen molar-refractivity contribution in [3.63, 3.8) is 0 Å². The van der Waals surface area contributed by atoms with E-state index in [2.05, 4.69) is 5.32 Å². The first-order valence-corrected chi connectivity index (χ1v) is 5.20. The molecule has 1 saturated heterocycles. The number of likely N-dealkylation sites (tertiary alicyclic amines) is 1. The minimum absolute atomic E-state index is 0.186. The molecule has 0 aromatic carbocycles. The van der Waals surface area contributed by atoms with Gasteiger partial charge < -0.3 is 10.4 Å². The van der Waals surface area contributed by atoms with Crippen molar-refractivity contribution in [3.05, 3.63) is 0 Å². The molecule has 1 aliphatic rings. The van der Waals surface area contributed by atoms with Gasteiger partial charge in [-0.15, -0.1) is 0 Å². The fourth-order valence-corrected chi connectivity index (χ4v) is 1.51. The number of carboxylic acid groups (broad SMARTS) is 1. The Labute approximate surface area is 93.6 Å². The number of carbonyl (C=O) groups excluding carboxylic acids is 2. The van der Waals surface area contributed by atoms with Gasteiger partial charge in [0.1, 0.15) is 0 Å². The number of carboxylic acids is 1. The number of rotatable bonds is 4. The summed E-state index contributed by atoms with van der Waals surface area (Å²) in [5.41, 5.74) is 0. The van der Waals surface area contributed by atoms with Gasteiger partial charge in [-0.25, -0.2) is 0 Å². The van der Waals surface area contributed by atoms with Crippen molar-refractivity contribution in [2.45, 2.75) is 25.8 Å². The van der Waals surface area contributed by atoms with E-state index >= 15 is 0 Å². The van der Waals surface area contributed by atoms with E-state index in [1.165, 1.54) is 7.05 Å². The predicted molar refractivity (Wildman–Crippen MR) is 55.6 cm³/mol. The van der Waals surface area contributed by atoms with Crippen LogP contribution >= 0.6 is 0 Å². The van der Waals surface area contributed by atoms with Crippen molar-refractivity contribution < 1.29 is 19.5 Å². The van der Waals surface area contributed by atoms with Crippen LogP contribution in [0.3, 0.4) is 0 Å². The van der Waals surface area contributed by atoms with Gasteiger partial charge >= 0.3 is 5.97 Å². The summed E-state index contributed by atoms with van der Waals surface area (Å²) in [7, 11) is 1.44. The maximum Gasteiger partial charge on any atom is 0.307 e. The van der Waals surface area contributed by atoms with Crippen LogP contribution in [-0.2, 0) is 14.4 Å². The smallest absolute Gasteiger partial charge is 0.307 e. The summed E-state index contributed by atoms with van der Waals surface area (Å²) < 4.78 is 0. The first kappa shape index (κ1) is 12.6. The van der Waals surface area contributed by atoms with E-state index in [-0.39, 0.29) is 18.4 Å². The van der Waals surface area contributed by atoms with Crippen molar-refractivity contribution in [2.75, 3.05) is 13.6 Å². The lowest BCUT2D eigenvalue weighted by Crippen LogP contribution is -2.52. The van der Waals surface area contributed by atoms with E-state index in [0.717, 1.165) is 4.90 Å². The maximum atomic E-state index is 11.6. The molecule has 0 spiro atoms. The molecule has 0 saturated carbocycles. The molecule has 0 aromatic heterocycles. The Bertz CT molecular complexity index is 316. The molecule has 2 unspecified atom stereocenters. The Morgan fingerprint density at radius 1 is 1.62 bits per heavy atom. The van der Waals surface area contributed by atoms with Gasteiger partial charge in [0.25, 0.3) is 0 Å². The third kappa shape index (κ3) is 2.79. The van der Waals surface area contributed by atoms with E-state index in [0.29, 0.717) is 12.8 Å². The predicted octanol–water partition coefficient (Wildman–Crippen LogP) is -0.556. The highest BCUT2D eigenvalue weighted by atomic mass is 16.4. The largest absolute Gasteiger partial charge is 0.481 e. The number of amides is 2. The number of aliphatic carboxylic acids is 1. The van der Waals surface area contributed by atoms with Crippen LogP contribution in [-0.4, -0.2) is 47.4 Å². The van der Waals surface area contributed by atoms with Gasteiger partial charge in [-0.3, -0.25) is 19.3 Å². The molecular formula is C10H16N2O4. The zero-order valence-electron chi connectivity index (χ0n) is 9.40. The van der Waals surface area contributed by atoms with E-state index in [9.17, 15) is 14.4 Å². The second-order valence-corrected chi connectivity index (χ2v) is 4.03. The normalized spacial score (nSPS) is 23.4. The second kappa shape index (κ2) is 5.07. The van der Waals surface area contributed by atoms with Crippen molar-refractivity contribution in [1.82, 2.24) is 10.2 Å². The lowest BCUT2D eigenvalue weighted by Gasteiger charge is -2.28. The third-order valence-corrected chi connectivity index (χ3v) is 2.74. The molecule has 90 valence electrons. The molecule has 2 N–H and O–H groups in total. The van der Waals surface area contributed by atoms with Crippen LogP contribution in [0.15, 0.2) is 0 Å². The highest BCUT2D eigenvalue weighted by Gasteiger charge is 2.31. The molecule has 0 radical (unpaired) electrons. The topological polar surface area (TPSA) is 86.7 Å². The van der Waals surface area contributed by atoms with Gasteiger partial charge in [0, 0.05) is 20.0 Å². The van der Waals surface area contributed by atoms with Crippen molar-refractivity contribution in [2.24, 2.45) is 5.92 Å². The molecular weight excluding hydrogens is 212 g/mol. The van der Waals surface area contributed by atoms with Gasteiger partial charge in [0.2, 0.25) is 11.8 Å². The summed E-state index contributed by atoms with van der Waals surface area (Å²) in [5.74, 6) is -1.92. The van der Waals surface area contributed by atoms with Crippen LogP contribution in [0.4, 0.5) is 0 Å². The van der Waals surface area contributed by atoms with E-state index in [4.69, 9.17) is 5.11 Å². The summed E-state index contributed by atoms with van der Waals surface area (Å²) in [6, 6.07) is -0.440. The maximum absolute atomic E-state index is 11.6. The molecule has 1 heterocycles. The average molecular weight is 228 g/mol. The minimum atomic E-state index is -0.903. The molecule has 1 rings (SSSR count). The highest BCUT2D eigenvalue weighted by Crippen LogP contribution is 2.11. The molecule has 16 heavy (non-hydrogen) atoms. The lowest BCUT2D eigenvalue weighted by atomic mass is 10.0. The first-order chi connectivity index (χ1) is 7.43. The number of hydrogen-bond donors (Lipinski definition) is 2. The molecule has 2 amide bonds. The van der Waals surface area contributed by atoms with Crippen LogP contribution in [0.2, 0.25) is 0 Å². The SMILES string of the molecule is CC(CNC1CCC(=O)N(C)C1=O)C(=O)O. The Kier molecular flexibility index (Phi) is 4.00. The molecule has 6 heteroatoms. The molecule has 6 nitrogen and oxygen atoms in total. The van der Waals surface area contributed by atoms with Crippen LogP contribution in [0, 0.1) is 5.92 Å². The zero-order chi connectivity index (χ0) is 12.3. The Morgan fingerprint density at radius 3 is 2.81 bits per heavy atom. The molecule has 2 atom stereocenters. The Hall–Kier alpha value is -1.43. The van der Waals surface area contributed by atoms with Crippen molar-refractivity contribution in [1.29, 1.82) is 0 Å². The summed E-state index contributed by atoms with van der Waals surface area (Å²) in [6.07, 6.45) is 0.760. The fourth-order valence-electron chi connectivity index (χ4n) is 1.51. The van der Waals surface area contributed by atoms with Crippen LogP contribution in [0.25, 0.3) is 0 Å². The zero-order valence-corrected chi connectivity index (χ0v) is 9.40. The van der Waals surface area contributed by atoms with E-state index < -0.39 is 17.9 Å². The molecule has 0 aliphatic carbocycles. The van der Waals surface area contributed by atoms with Gasteiger partial charge in [0.05, 0.1) is 12.0 Å². The Morgan fingerprint density at radius 2 is 2.25 bits per heavy atom. The van der Waals surface area contributed by atoms with Crippen molar-refractivity contribution in [3.8, 4) is 0 Å². The highest BCUT2D eigenvalue weighted by molar-refractivity contribution is 6.00. The molecule has 0 bridgehead atoms. The van der Waals surface area contributed by atoms with Crippen molar-refractivity contribution >= 4 is 17.8 Å². The molecule has 1 fully saturated rings. The summed E-state index contributed by atoms with van der Waals surface area (Å²) in [4.78, 5) is 34.5. The van der Waals surface area contributed by atoms with Gasteiger partial charge in [-0.1, -0.05) is 6.92 Å². The number of nitrogens with one attached hydrogen (secondary N) is 1. The number of carbonyl (C=O) groups is 3. The number of nitrogens with zero attached hydrogens (tertiary/aromatic N) is 1. The minimum Gasteiger partial charge on any atom is -0.481 e. The average Bonchev–Trinajstić information content (AvgIpc) is 2.24. The summed E-state index contributed by atoms with van der Waals surface area (Å²) >= 11 is 0. The quantitative estimate of drug-likeness (QED) is 0.630. The molecule has 0 aromatic rings. The van der Waals surface area contributed by atoms with E-state index in [1.807, 2.05) is 0 Å². The first-order valence-electron chi connectivity index (χ1n) is 5.20. The third-order valence-electron chi connectivity index (χ3n) is 2.74. The number of likely N-dealkylation sites (N-methyl/N-ethyl adjacent to an activating group) is 1. The lowest BCUT2D eigenvalue weighted by molar-refractivity contribution is -0.149. The number of piperidine rings is 1. The summed E-state index contributed by atoms with van der Waals surface area (Å²) in [6.45, 7) is 1.80. The number of hydrogen-bond acceptors (Lipinski definition) is 4. The Balaban J connectivity index is 2.47. The summed E-state index contributed by atoms with van der Waals surface area (Å²) in [5, 5.41) is 11.6. The monoisotopic (exact) mass is 228 g/mol. The standard InChI is InChI=1S/C10H16N2O4/c1-6(10(15)16)5-11-7-3-4-8(13)12(2)9(7)14/h6-7,11H,3-5H2,1-2H3,(H,15,16). The molecule has 1 aliphatic heterocycles. The van der Waals surface area contributed by atoms with Crippen LogP contribution in [0.5, 0.6) is 0 Å². The number of imide groups is 1. The van der Waals surface area contributed by atoms with Crippen LogP contribution < -0.4 is 5.32 Å². The fraction of sp³-hybridized carbons (Fsp3) is 0.700. The van der Waals surface area contributed by atoms with Gasteiger partial charge in [-0.2, -0.15) is 0 Å². The van der Waals surface area contributed by atoms with Gasteiger partial charge in [-0.05, 0) is 6.42 Å². The second-order valence-electron chi connectivity index (χ2n) is 4.03. The van der Waals surface area contributed by atoms with Gasteiger partial charge in [0.15, 0.2) is 0 Å². The van der Waals surface area contributed by atoms with E-state index in [1.54, 1.807) is 6.92 Å². The van der Waals surface area contributed by atoms with Crippen LogP contribution in [0.1, 0.15) is 19.8 Å².